The Bertz CT molecular complexity index is 1120. The van der Waals surface area contributed by atoms with Crippen molar-refractivity contribution in [3.63, 3.8) is 0 Å². The molecule has 0 atom stereocenters. The lowest BCUT2D eigenvalue weighted by Crippen LogP contribution is -2.13. The zero-order valence-corrected chi connectivity index (χ0v) is 17.0. The summed E-state index contributed by atoms with van der Waals surface area (Å²) in [5.74, 6) is 0.733. The Morgan fingerprint density at radius 2 is 2.03 bits per heavy atom. The molecule has 0 aliphatic rings. The summed E-state index contributed by atoms with van der Waals surface area (Å²) in [5.41, 5.74) is 4.34. The van der Waals surface area contributed by atoms with Crippen LogP contribution in [0.2, 0.25) is 0 Å². The fourth-order valence-electron chi connectivity index (χ4n) is 3.21. The number of carbonyl (C=O) groups is 1. The van der Waals surface area contributed by atoms with Gasteiger partial charge in [0, 0.05) is 29.2 Å². The number of benzene rings is 2. The van der Waals surface area contributed by atoms with Crippen LogP contribution < -0.4 is 5.32 Å². The van der Waals surface area contributed by atoms with Gasteiger partial charge in [0.15, 0.2) is 0 Å². The molecule has 4 aromatic rings. The molecule has 2 aromatic heterocycles. The third kappa shape index (κ3) is 5.06. The van der Waals surface area contributed by atoms with Crippen LogP contribution in [0.3, 0.4) is 0 Å². The maximum Gasteiger partial charge on any atom is 0.277 e. The largest absolute Gasteiger partial charge is 0.416 e. The number of hydrogen-bond acceptors (Lipinski definition) is 5. The minimum absolute atomic E-state index is 0.0975. The van der Waals surface area contributed by atoms with E-state index in [0.717, 1.165) is 29.6 Å². The van der Waals surface area contributed by atoms with E-state index in [1.165, 1.54) is 22.7 Å². The van der Waals surface area contributed by atoms with Gasteiger partial charge in [-0.15, -0.1) is 10.2 Å². The van der Waals surface area contributed by atoms with E-state index in [9.17, 15) is 4.79 Å². The van der Waals surface area contributed by atoms with Gasteiger partial charge in [0.2, 0.25) is 11.8 Å². The van der Waals surface area contributed by atoms with Crippen molar-refractivity contribution in [1.82, 2.24) is 15.2 Å². The van der Waals surface area contributed by atoms with E-state index in [1.807, 2.05) is 37.3 Å². The summed E-state index contributed by atoms with van der Waals surface area (Å²) in [7, 11) is 0. The van der Waals surface area contributed by atoms with E-state index in [2.05, 4.69) is 44.9 Å². The highest BCUT2D eigenvalue weighted by Crippen LogP contribution is 2.21. The first-order valence-electron chi connectivity index (χ1n) is 9.54. The third-order valence-corrected chi connectivity index (χ3v) is 5.41. The molecule has 0 saturated heterocycles. The normalized spacial score (nSPS) is 11.1. The van der Waals surface area contributed by atoms with Gasteiger partial charge >= 0.3 is 0 Å². The molecule has 2 N–H and O–H groups in total. The number of anilines is 1. The molecule has 0 bridgehead atoms. The highest BCUT2D eigenvalue weighted by Gasteiger charge is 2.11. The van der Waals surface area contributed by atoms with Crippen LogP contribution in [0.1, 0.15) is 23.4 Å². The number of aromatic amines is 1. The summed E-state index contributed by atoms with van der Waals surface area (Å²) in [6.45, 7) is 1.99. The first-order valence-corrected chi connectivity index (χ1v) is 10.5. The molecule has 0 fully saturated rings. The van der Waals surface area contributed by atoms with E-state index in [4.69, 9.17) is 4.42 Å². The highest BCUT2D eigenvalue weighted by molar-refractivity contribution is 7.99. The van der Waals surface area contributed by atoms with E-state index >= 15 is 0 Å². The summed E-state index contributed by atoms with van der Waals surface area (Å²) in [6.07, 6.45) is 4.63. The summed E-state index contributed by atoms with van der Waals surface area (Å²) in [6, 6.07) is 16.0. The monoisotopic (exact) mass is 406 g/mol. The number of hydrogen-bond donors (Lipinski definition) is 2. The second-order valence-electron chi connectivity index (χ2n) is 6.88. The Hall–Kier alpha value is -3.06. The molecule has 0 saturated carbocycles. The van der Waals surface area contributed by atoms with Gasteiger partial charge in [-0.3, -0.25) is 4.79 Å². The zero-order chi connectivity index (χ0) is 20.1. The van der Waals surface area contributed by atoms with Crippen molar-refractivity contribution >= 4 is 34.3 Å². The summed E-state index contributed by atoms with van der Waals surface area (Å²) in [5, 5.41) is 12.7. The van der Waals surface area contributed by atoms with Gasteiger partial charge in [0.25, 0.3) is 5.22 Å². The number of thioether (sulfide) groups is 1. The number of aryl methyl sites for hydroxylation is 3. The number of nitrogens with one attached hydrogen (secondary N) is 2. The number of fused-ring (bicyclic) bond motifs is 1. The average Bonchev–Trinajstić information content (AvgIpc) is 3.34. The first-order chi connectivity index (χ1) is 14.2. The van der Waals surface area contributed by atoms with Crippen molar-refractivity contribution in [1.29, 1.82) is 0 Å². The Kier molecular flexibility index (Phi) is 5.95. The molecule has 0 radical (unpaired) electrons. The number of H-pyrrole nitrogens is 1. The molecule has 29 heavy (non-hydrogen) atoms. The molecule has 2 heterocycles. The van der Waals surface area contributed by atoms with Crippen molar-refractivity contribution in [3.8, 4) is 0 Å². The molecule has 4 rings (SSSR count). The van der Waals surface area contributed by atoms with Crippen LogP contribution in [-0.4, -0.2) is 26.8 Å². The number of para-hydroxylation sites is 1. The SMILES string of the molecule is Cc1cccc(NC(=O)CSc2nnc(CCCc3c[nH]c4ccccc34)o2)c1. The predicted molar refractivity (Wildman–Crippen MR) is 115 cm³/mol. The van der Waals surface area contributed by atoms with Gasteiger partial charge in [0.1, 0.15) is 0 Å². The maximum atomic E-state index is 12.1. The first kappa shape index (κ1) is 19.3. The molecule has 7 heteroatoms. The molecule has 0 aliphatic carbocycles. The van der Waals surface area contributed by atoms with Crippen LogP contribution in [0.15, 0.2) is 64.4 Å². The molecular weight excluding hydrogens is 384 g/mol. The average molecular weight is 407 g/mol. The van der Waals surface area contributed by atoms with Gasteiger partial charge in [-0.1, -0.05) is 42.1 Å². The van der Waals surface area contributed by atoms with E-state index in [1.54, 1.807) is 0 Å². The highest BCUT2D eigenvalue weighted by atomic mass is 32.2. The molecule has 1 amide bonds. The van der Waals surface area contributed by atoms with Gasteiger partial charge in [-0.2, -0.15) is 0 Å². The van der Waals surface area contributed by atoms with Crippen LogP contribution in [0.5, 0.6) is 0 Å². The van der Waals surface area contributed by atoms with Crippen molar-refractivity contribution in [2.24, 2.45) is 0 Å². The standard InChI is InChI=1S/C22H22N4O2S/c1-15-6-4-8-17(12-15)24-20(27)14-29-22-26-25-21(28-22)11-5-7-16-13-23-19-10-3-2-9-18(16)19/h2-4,6,8-10,12-13,23H,5,7,11,14H2,1H3,(H,24,27). The fourth-order valence-corrected chi connectivity index (χ4v) is 3.79. The number of nitrogens with zero attached hydrogens (tertiary/aromatic N) is 2. The Balaban J connectivity index is 1.23. The van der Waals surface area contributed by atoms with Crippen LogP contribution in [0.25, 0.3) is 10.9 Å². The topological polar surface area (TPSA) is 83.8 Å². The van der Waals surface area contributed by atoms with Crippen LogP contribution in [0, 0.1) is 6.92 Å². The number of carbonyl (C=O) groups excluding carboxylic acids is 1. The van der Waals surface area contributed by atoms with Crippen molar-refractivity contribution in [2.75, 3.05) is 11.1 Å². The summed E-state index contributed by atoms with van der Waals surface area (Å²) >= 11 is 1.25. The van der Waals surface area contributed by atoms with E-state index < -0.39 is 0 Å². The minimum Gasteiger partial charge on any atom is -0.416 e. The predicted octanol–water partition coefficient (Wildman–Crippen LogP) is 4.77. The van der Waals surface area contributed by atoms with Gasteiger partial charge in [-0.25, -0.2) is 0 Å². The molecule has 6 nitrogen and oxygen atoms in total. The smallest absolute Gasteiger partial charge is 0.277 e. The van der Waals surface area contributed by atoms with Crippen molar-refractivity contribution < 1.29 is 9.21 Å². The Morgan fingerprint density at radius 3 is 2.93 bits per heavy atom. The van der Waals surface area contributed by atoms with Crippen molar-refractivity contribution in [3.05, 3.63) is 71.7 Å². The lowest BCUT2D eigenvalue weighted by Gasteiger charge is -2.04. The second kappa shape index (κ2) is 8.96. The van der Waals surface area contributed by atoms with Crippen LogP contribution in [-0.2, 0) is 17.6 Å². The Labute approximate surface area is 173 Å². The minimum atomic E-state index is -0.0975. The van der Waals surface area contributed by atoms with Gasteiger partial charge in [-0.05, 0) is 49.1 Å². The molecule has 0 aliphatic heterocycles. The summed E-state index contributed by atoms with van der Waals surface area (Å²) in [4.78, 5) is 15.4. The fraction of sp³-hybridized carbons (Fsp3) is 0.227. The number of amides is 1. The van der Waals surface area contributed by atoms with Crippen molar-refractivity contribution in [2.45, 2.75) is 31.4 Å². The molecule has 0 spiro atoms. The quantitative estimate of drug-likeness (QED) is 0.412. The van der Waals surface area contributed by atoms with Gasteiger partial charge < -0.3 is 14.7 Å². The van der Waals surface area contributed by atoms with Crippen LogP contribution in [0.4, 0.5) is 5.69 Å². The molecule has 2 aromatic carbocycles. The summed E-state index contributed by atoms with van der Waals surface area (Å²) < 4.78 is 5.66. The lowest BCUT2D eigenvalue weighted by atomic mass is 10.1. The third-order valence-electron chi connectivity index (χ3n) is 4.59. The number of aromatic nitrogens is 3. The lowest BCUT2D eigenvalue weighted by molar-refractivity contribution is -0.113. The molecule has 0 unspecified atom stereocenters. The zero-order valence-electron chi connectivity index (χ0n) is 16.1. The Morgan fingerprint density at radius 1 is 1.14 bits per heavy atom. The van der Waals surface area contributed by atoms with E-state index in [0.29, 0.717) is 17.5 Å². The maximum absolute atomic E-state index is 12.1. The van der Waals surface area contributed by atoms with Crippen LogP contribution >= 0.6 is 11.8 Å². The molecular formula is C22H22N4O2S. The number of rotatable bonds is 8. The van der Waals surface area contributed by atoms with E-state index in [-0.39, 0.29) is 11.7 Å². The van der Waals surface area contributed by atoms with Gasteiger partial charge in [0.05, 0.1) is 5.75 Å². The second-order valence-corrected chi connectivity index (χ2v) is 7.81. The molecule has 148 valence electrons.